The van der Waals surface area contributed by atoms with E-state index in [1.807, 2.05) is 0 Å². The standard InChI is InChI=1S/C10H10N2O4/c1-16-10(15)6-2-3-12-7(4-6)9(14)8(13)5-11/h2-4,8-9,13-14H,1H3. The lowest BCUT2D eigenvalue weighted by Crippen LogP contribution is -2.17. The van der Waals surface area contributed by atoms with Crippen molar-refractivity contribution in [2.75, 3.05) is 7.11 Å². The van der Waals surface area contributed by atoms with Gasteiger partial charge in [-0.05, 0) is 12.1 Å². The van der Waals surface area contributed by atoms with Gasteiger partial charge in [-0.3, -0.25) is 4.98 Å². The Bertz CT molecular complexity index is 427. The number of hydrogen-bond donors (Lipinski definition) is 2. The highest BCUT2D eigenvalue weighted by Gasteiger charge is 2.20. The molecule has 2 N–H and O–H groups in total. The Kier molecular flexibility index (Phi) is 3.94. The molecule has 0 radical (unpaired) electrons. The normalized spacial score (nSPS) is 13.6. The highest BCUT2D eigenvalue weighted by Crippen LogP contribution is 2.15. The van der Waals surface area contributed by atoms with Crippen LogP contribution in [0.25, 0.3) is 0 Å². The molecule has 2 unspecified atom stereocenters. The molecule has 0 saturated heterocycles. The van der Waals surface area contributed by atoms with E-state index in [4.69, 9.17) is 10.4 Å². The van der Waals surface area contributed by atoms with Crippen LogP contribution < -0.4 is 0 Å². The fourth-order valence-electron chi connectivity index (χ4n) is 1.09. The van der Waals surface area contributed by atoms with Gasteiger partial charge < -0.3 is 14.9 Å². The summed E-state index contributed by atoms with van der Waals surface area (Å²) in [6, 6.07) is 4.14. The van der Waals surface area contributed by atoms with Crippen LogP contribution in [0.1, 0.15) is 22.2 Å². The Morgan fingerprint density at radius 1 is 1.62 bits per heavy atom. The van der Waals surface area contributed by atoms with E-state index in [1.54, 1.807) is 0 Å². The van der Waals surface area contributed by atoms with Crippen LogP contribution in [0, 0.1) is 11.3 Å². The molecule has 6 heteroatoms. The Balaban J connectivity index is 2.99. The fourth-order valence-corrected chi connectivity index (χ4v) is 1.09. The van der Waals surface area contributed by atoms with E-state index >= 15 is 0 Å². The summed E-state index contributed by atoms with van der Waals surface area (Å²) in [5, 5.41) is 27.0. The number of aromatic nitrogens is 1. The van der Waals surface area contributed by atoms with E-state index in [2.05, 4.69) is 9.72 Å². The zero-order chi connectivity index (χ0) is 12.1. The van der Waals surface area contributed by atoms with Gasteiger partial charge in [-0.2, -0.15) is 5.26 Å². The SMILES string of the molecule is COC(=O)c1ccnc(C(O)C(O)C#N)c1. The molecule has 1 aromatic heterocycles. The van der Waals surface area contributed by atoms with Crippen molar-refractivity contribution in [1.82, 2.24) is 4.98 Å². The average molecular weight is 222 g/mol. The summed E-state index contributed by atoms with van der Waals surface area (Å²) < 4.78 is 4.48. The molecule has 0 aliphatic carbocycles. The molecule has 0 aromatic carbocycles. The minimum atomic E-state index is -1.58. The molecule has 0 saturated carbocycles. The van der Waals surface area contributed by atoms with Crippen molar-refractivity contribution in [2.45, 2.75) is 12.2 Å². The molecule has 0 amide bonds. The summed E-state index contributed by atoms with van der Waals surface area (Å²) in [6.07, 6.45) is -1.75. The first-order valence-corrected chi connectivity index (χ1v) is 4.40. The molecule has 0 bridgehead atoms. The van der Waals surface area contributed by atoms with E-state index in [1.165, 1.54) is 31.5 Å². The van der Waals surface area contributed by atoms with E-state index in [9.17, 15) is 9.90 Å². The number of pyridine rings is 1. The zero-order valence-corrected chi connectivity index (χ0v) is 8.49. The lowest BCUT2D eigenvalue weighted by atomic mass is 10.1. The number of nitriles is 1. The molecule has 1 rings (SSSR count). The van der Waals surface area contributed by atoms with Gasteiger partial charge >= 0.3 is 5.97 Å². The van der Waals surface area contributed by atoms with Gasteiger partial charge in [0.05, 0.1) is 24.4 Å². The molecule has 6 nitrogen and oxygen atoms in total. The molecule has 2 atom stereocenters. The first kappa shape index (κ1) is 12.1. The maximum Gasteiger partial charge on any atom is 0.337 e. The number of esters is 1. The monoisotopic (exact) mass is 222 g/mol. The van der Waals surface area contributed by atoms with Crippen LogP contribution in [-0.2, 0) is 4.74 Å². The van der Waals surface area contributed by atoms with Crippen molar-refractivity contribution >= 4 is 5.97 Å². The molecular formula is C10H10N2O4. The van der Waals surface area contributed by atoms with Gasteiger partial charge in [-0.1, -0.05) is 0 Å². The number of carbonyl (C=O) groups is 1. The molecule has 1 aromatic rings. The second-order valence-electron chi connectivity index (χ2n) is 2.98. The van der Waals surface area contributed by atoms with Gasteiger partial charge in [-0.25, -0.2) is 4.79 Å². The van der Waals surface area contributed by atoms with Crippen molar-refractivity contribution in [2.24, 2.45) is 0 Å². The third-order valence-electron chi connectivity index (χ3n) is 1.94. The Labute approximate surface area is 91.7 Å². The van der Waals surface area contributed by atoms with Gasteiger partial charge in [0.2, 0.25) is 0 Å². The summed E-state index contributed by atoms with van der Waals surface area (Å²) in [5.41, 5.74) is 0.230. The summed E-state index contributed by atoms with van der Waals surface area (Å²) in [5.74, 6) is -0.581. The average Bonchev–Trinajstić information content (AvgIpc) is 2.36. The lowest BCUT2D eigenvalue weighted by Gasteiger charge is -2.11. The Hall–Kier alpha value is -1.97. The lowest BCUT2D eigenvalue weighted by molar-refractivity contribution is 0.0493. The number of nitrogens with zero attached hydrogens (tertiary/aromatic N) is 2. The van der Waals surface area contributed by atoms with E-state index < -0.39 is 18.2 Å². The second kappa shape index (κ2) is 5.21. The number of rotatable bonds is 3. The Morgan fingerprint density at radius 3 is 2.88 bits per heavy atom. The number of hydrogen-bond acceptors (Lipinski definition) is 6. The van der Waals surface area contributed by atoms with Crippen LogP contribution in [0.2, 0.25) is 0 Å². The quantitative estimate of drug-likeness (QED) is 0.541. The van der Waals surface area contributed by atoms with E-state index in [0.717, 1.165) is 0 Å². The maximum absolute atomic E-state index is 11.2. The van der Waals surface area contributed by atoms with E-state index in [-0.39, 0.29) is 11.3 Å². The molecule has 16 heavy (non-hydrogen) atoms. The molecule has 0 fully saturated rings. The third kappa shape index (κ3) is 2.53. The van der Waals surface area contributed by atoms with Crippen molar-refractivity contribution in [3.8, 4) is 6.07 Å². The van der Waals surface area contributed by atoms with Crippen LogP contribution in [0.15, 0.2) is 18.3 Å². The van der Waals surface area contributed by atoms with Crippen molar-refractivity contribution in [1.29, 1.82) is 5.26 Å². The third-order valence-corrected chi connectivity index (χ3v) is 1.94. The van der Waals surface area contributed by atoms with Gasteiger partial charge in [0.25, 0.3) is 0 Å². The number of methoxy groups -OCH3 is 1. The Morgan fingerprint density at radius 2 is 2.31 bits per heavy atom. The van der Waals surface area contributed by atoms with Crippen molar-refractivity contribution in [3.05, 3.63) is 29.6 Å². The van der Waals surface area contributed by atoms with Gasteiger partial charge in [0, 0.05) is 6.20 Å². The van der Waals surface area contributed by atoms with Crippen LogP contribution in [0.5, 0.6) is 0 Å². The predicted octanol–water partition coefficient (Wildman–Crippen LogP) is -0.214. The highest BCUT2D eigenvalue weighted by atomic mass is 16.5. The topological polar surface area (TPSA) is 103 Å². The number of carbonyl (C=O) groups excluding carboxylic acids is 1. The van der Waals surface area contributed by atoms with Crippen LogP contribution in [0.3, 0.4) is 0 Å². The first-order valence-electron chi connectivity index (χ1n) is 4.40. The van der Waals surface area contributed by atoms with E-state index in [0.29, 0.717) is 0 Å². The molecular weight excluding hydrogens is 212 g/mol. The maximum atomic E-state index is 11.2. The summed E-state index contributed by atoms with van der Waals surface area (Å²) in [7, 11) is 1.23. The van der Waals surface area contributed by atoms with Crippen LogP contribution >= 0.6 is 0 Å². The summed E-state index contributed by atoms with van der Waals surface area (Å²) in [6.45, 7) is 0. The van der Waals surface area contributed by atoms with Crippen LogP contribution in [0.4, 0.5) is 0 Å². The number of aliphatic hydroxyl groups is 2. The minimum absolute atomic E-state index is 0.0388. The zero-order valence-electron chi connectivity index (χ0n) is 8.49. The first-order chi connectivity index (χ1) is 7.60. The molecule has 0 aliphatic rings. The highest BCUT2D eigenvalue weighted by molar-refractivity contribution is 5.89. The van der Waals surface area contributed by atoms with Gasteiger partial charge in [-0.15, -0.1) is 0 Å². The molecule has 0 aliphatic heterocycles. The van der Waals surface area contributed by atoms with Crippen molar-refractivity contribution in [3.63, 3.8) is 0 Å². The van der Waals surface area contributed by atoms with Gasteiger partial charge in [0.15, 0.2) is 6.10 Å². The molecule has 1 heterocycles. The van der Waals surface area contributed by atoms with Crippen molar-refractivity contribution < 1.29 is 19.7 Å². The smallest absolute Gasteiger partial charge is 0.337 e. The number of aliphatic hydroxyl groups excluding tert-OH is 2. The predicted molar refractivity (Wildman–Crippen MR) is 52.2 cm³/mol. The summed E-state index contributed by atoms with van der Waals surface area (Å²) >= 11 is 0. The van der Waals surface area contributed by atoms with Crippen LogP contribution in [-0.4, -0.2) is 34.4 Å². The molecule has 0 spiro atoms. The van der Waals surface area contributed by atoms with Gasteiger partial charge in [0.1, 0.15) is 6.10 Å². The number of ether oxygens (including phenoxy) is 1. The minimum Gasteiger partial charge on any atom is -0.465 e. The second-order valence-corrected chi connectivity index (χ2v) is 2.98. The fraction of sp³-hybridized carbons (Fsp3) is 0.300. The largest absolute Gasteiger partial charge is 0.465 e. The molecule has 84 valence electrons. The summed E-state index contributed by atoms with van der Waals surface area (Å²) in [4.78, 5) is 14.9.